The predicted molar refractivity (Wildman–Crippen MR) is 92.8 cm³/mol. The second-order valence-corrected chi connectivity index (χ2v) is 7.05. The molecule has 0 atom stereocenters. The molecule has 25 heavy (non-hydrogen) atoms. The number of hydrogen-bond donors (Lipinski definition) is 1. The van der Waals surface area contributed by atoms with Crippen LogP contribution in [0.3, 0.4) is 0 Å². The van der Waals surface area contributed by atoms with Gasteiger partial charge in [0.05, 0.1) is 23.5 Å². The van der Waals surface area contributed by atoms with Gasteiger partial charge >= 0.3 is 0 Å². The Labute approximate surface area is 147 Å². The van der Waals surface area contributed by atoms with Crippen LogP contribution < -0.4 is 10.1 Å². The summed E-state index contributed by atoms with van der Waals surface area (Å²) in [5, 5.41) is 2.75. The average molecular weight is 344 g/mol. The van der Waals surface area contributed by atoms with Gasteiger partial charge in [0, 0.05) is 13.1 Å². The van der Waals surface area contributed by atoms with Crippen molar-refractivity contribution in [1.82, 2.24) is 4.90 Å². The molecule has 2 amide bonds. The van der Waals surface area contributed by atoms with Crippen molar-refractivity contribution in [2.75, 3.05) is 25.0 Å². The zero-order valence-electron chi connectivity index (χ0n) is 14.3. The van der Waals surface area contributed by atoms with E-state index >= 15 is 0 Å². The number of carbonyl (C=O) groups is 2. The molecular formula is C19H24N2O4. The Morgan fingerprint density at radius 3 is 2.60 bits per heavy atom. The van der Waals surface area contributed by atoms with Crippen LogP contribution in [0.5, 0.6) is 5.75 Å². The van der Waals surface area contributed by atoms with Gasteiger partial charge in [-0.3, -0.25) is 9.59 Å². The normalized spacial score (nSPS) is 21.6. The lowest BCUT2D eigenvalue weighted by Gasteiger charge is -2.34. The lowest BCUT2D eigenvalue weighted by atomic mass is 10.0. The minimum absolute atomic E-state index is 0.0349. The molecule has 1 aromatic carbocycles. The molecule has 6 nitrogen and oxygen atoms in total. The van der Waals surface area contributed by atoms with E-state index in [1.54, 1.807) is 18.2 Å². The van der Waals surface area contributed by atoms with Crippen LogP contribution in [-0.4, -0.2) is 48.6 Å². The van der Waals surface area contributed by atoms with Crippen molar-refractivity contribution in [3.8, 4) is 5.75 Å². The molecule has 1 aliphatic carbocycles. The molecule has 6 heteroatoms. The van der Waals surface area contributed by atoms with Crippen molar-refractivity contribution in [2.24, 2.45) is 0 Å². The Balaban J connectivity index is 1.39. The summed E-state index contributed by atoms with van der Waals surface area (Å²) in [7, 11) is 0. The molecule has 134 valence electrons. The van der Waals surface area contributed by atoms with Gasteiger partial charge in [-0.2, -0.15) is 0 Å². The molecule has 1 N–H and O–H groups in total. The van der Waals surface area contributed by atoms with Gasteiger partial charge in [-0.15, -0.1) is 0 Å². The van der Waals surface area contributed by atoms with Crippen molar-refractivity contribution < 1.29 is 19.1 Å². The lowest BCUT2D eigenvalue weighted by Crippen LogP contribution is -2.42. The monoisotopic (exact) mass is 344 g/mol. The van der Waals surface area contributed by atoms with Crippen molar-refractivity contribution in [3.05, 3.63) is 23.8 Å². The van der Waals surface area contributed by atoms with Gasteiger partial charge in [0.15, 0.2) is 12.4 Å². The Morgan fingerprint density at radius 2 is 1.84 bits per heavy atom. The summed E-state index contributed by atoms with van der Waals surface area (Å²) < 4.78 is 11.7. The average Bonchev–Trinajstić information content (AvgIpc) is 3.14. The van der Waals surface area contributed by atoms with Crippen LogP contribution in [-0.2, 0) is 9.53 Å². The topological polar surface area (TPSA) is 67.9 Å². The number of rotatable bonds is 3. The number of nitrogens with one attached hydrogen (secondary N) is 1. The molecule has 0 radical (unpaired) electrons. The number of likely N-dealkylation sites (tertiary alicyclic amines) is 1. The Bertz CT molecular complexity index is 661. The zero-order chi connectivity index (χ0) is 17.2. The first kappa shape index (κ1) is 16.4. The van der Waals surface area contributed by atoms with E-state index in [-0.39, 0.29) is 24.5 Å². The number of nitrogens with zero attached hydrogens (tertiary/aromatic N) is 1. The third kappa shape index (κ3) is 3.49. The van der Waals surface area contributed by atoms with Crippen molar-refractivity contribution in [1.29, 1.82) is 0 Å². The van der Waals surface area contributed by atoms with Crippen molar-refractivity contribution in [2.45, 2.75) is 50.7 Å². The maximum Gasteiger partial charge on any atom is 0.262 e. The van der Waals surface area contributed by atoms with Gasteiger partial charge in [0.2, 0.25) is 0 Å². The highest BCUT2D eigenvalue weighted by Crippen LogP contribution is 2.33. The van der Waals surface area contributed by atoms with Gasteiger partial charge in [0.1, 0.15) is 0 Å². The summed E-state index contributed by atoms with van der Waals surface area (Å²) in [4.78, 5) is 26.2. The van der Waals surface area contributed by atoms with E-state index in [0.717, 1.165) is 12.8 Å². The van der Waals surface area contributed by atoms with Crippen LogP contribution in [0, 0.1) is 0 Å². The highest BCUT2D eigenvalue weighted by molar-refractivity contribution is 6.03. The number of fused-ring (bicyclic) bond motifs is 1. The molecule has 0 spiro atoms. The van der Waals surface area contributed by atoms with Crippen LogP contribution in [0.15, 0.2) is 18.2 Å². The molecule has 2 fully saturated rings. The SMILES string of the molecule is O=C1COc2c(cccc2C(=O)N2CCC(OC3CCCC3)CC2)N1. The Hall–Kier alpha value is -2.08. The van der Waals surface area contributed by atoms with E-state index in [1.165, 1.54) is 25.7 Å². The van der Waals surface area contributed by atoms with Crippen molar-refractivity contribution in [3.63, 3.8) is 0 Å². The Morgan fingerprint density at radius 1 is 1.12 bits per heavy atom. The number of para-hydroxylation sites is 1. The van der Waals surface area contributed by atoms with E-state index in [4.69, 9.17) is 9.47 Å². The molecule has 1 saturated heterocycles. The molecule has 3 aliphatic rings. The van der Waals surface area contributed by atoms with Crippen LogP contribution in [0.25, 0.3) is 0 Å². The second-order valence-electron chi connectivity index (χ2n) is 7.05. The number of ether oxygens (including phenoxy) is 2. The molecule has 0 unspecified atom stereocenters. The molecule has 1 aromatic rings. The highest BCUT2D eigenvalue weighted by atomic mass is 16.5. The lowest BCUT2D eigenvalue weighted by molar-refractivity contribution is -0.118. The van der Waals surface area contributed by atoms with Gasteiger partial charge in [-0.25, -0.2) is 0 Å². The third-order valence-electron chi connectivity index (χ3n) is 5.28. The van der Waals surface area contributed by atoms with Gasteiger partial charge in [0.25, 0.3) is 11.8 Å². The first-order valence-corrected chi connectivity index (χ1v) is 9.21. The zero-order valence-corrected chi connectivity index (χ0v) is 14.3. The molecule has 2 heterocycles. The second kappa shape index (κ2) is 7.04. The maximum absolute atomic E-state index is 12.9. The number of carbonyl (C=O) groups excluding carboxylic acids is 2. The smallest absolute Gasteiger partial charge is 0.262 e. The van der Waals surface area contributed by atoms with Gasteiger partial charge < -0.3 is 19.7 Å². The standard InChI is InChI=1S/C19H24N2O4/c22-17-12-24-18-15(6-3-7-16(18)20-17)19(23)21-10-8-14(9-11-21)25-13-4-1-2-5-13/h3,6-7,13-14H,1-2,4-5,8-12H2,(H,20,22). The fourth-order valence-electron chi connectivity index (χ4n) is 3.95. The Kier molecular flexibility index (Phi) is 4.61. The molecule has 0 aromatic heterocycles. The fourth-order valence-corrected chi connectivity index (χ4v) is 3.95. The summed E-state index contributed by atoms with van der Waals surface area (Å²) >= 11 is 0. The summed E-state index contributed by atoms with van der Waals surface area (Å²) in [5.74, 6) is 0.255. The van der Waals surface area contributed by atoms with Crippen LogP contribution in [0.1, 0.15) is 48.9 Å². The van der Waals surface area contributed by atoms with Crippen LogP contribution >= 0.6 is 0 Å². The first-order valence-electron chi connectivity index (χ1n) is 9.21. The predicted octanol–water partition coefficient (Wildman–Crippen LogP) is 2.58. The first-order chi connectivity index (χ1) is 12.2. The van der Waals surface area contributed by atoms with E-state index in [2.05, 4.69) is 5.32 Å². The van der Waals surface area contributed by atoms with E-state index in [0.29, 0.717) is 36.2 Å². The van der Waals surface area contributed by atoms with Crippen LogP contribution in [0.4, 0.5) is 5.69 Å². The fraction of sp³-hybridized carbons (Fsp3) is 0.579. The molecule has 0 bridgehead atoms. The third-order valence-corrected chi connectivity index (χ3v) is 5.28. The number of hydrogen-bond acceptors (Lipinski definition) is 4. The largest absolute Gasteiger partial charge is 0.481 e. The minimum atomic E-state index is -0.193. The number of benzene rings is 1. The number of amides is 2. The number of anilines is 1. The summed E-state index contributed by atoms with van der Waals surface area (Å²) in [5.41, 5.74) is 1.09. The molecule has 2 aliphatic heterocycles. The van der Waals surface area contributed by atoms with E-state index < -0.39 is 0 Å². The minimum Gasteiger partial charge on any atom is -0.481 e. The summed E-state index contributed by atoms with van der Waals surface area (Å²) in [6.07, 6.45) is 7.37. The molecule has 1 saturated carbocycles. The summed E-state index contributed by atoms with van der Waals surface area (Å²) in [6, 6.07) is 5.29. The molecular weight excluding hydrogens is 320 g/mol. The van der Waals surface area contributed by atoms with Gasteiger partial charge in [-0.05, 0) is 37.8 Å². The highest BCUT2D eigenvalue weighted by Gasteiger charge is 2.30. The quantitative estimate of drug-likeness (QED) is 0.915. The maximum atomic E-state index is 12.9. The van der Waals surface area contributed by atoms with Gasteiger partial charge in [-0.1, -0.05) is 18.9 Å². The van der Waals surface area contributed by atoms with E-state index in [9.17, 15) is 9.59 Å². The van der Waals surface area contributed by atoms with Crippen LogP contribution in [0.2, 0.25) is 0 Å². The molecule has 4 rings (SSSR count). The summed E-state index contributed by atoms with van der Waals surface area (Å²) in [6.45, 7) is 1.35. The van der Waals surface area contributed by atoms with E-state index in [1.807, 2.05) is 4.90 Å². The van der Waals surface area contributed by atoms with Crippen molar-refractivity contribution >= 4 is 17.5 Å². The number of piperidine rings is 1.